The Bertz CT molecular complexity index is 104. The summed E-state index contributed by atoms with van der Waals surface area (Å²) in [6, 6.07) is 0. The molecule has 0 saturated heterocycles. The highest BCUT2D eigenvalue weighted by molar-refractivity contribution is 4.93. The predicted molar refractivity (Wildman–Crippen MR) is 42.8 cm³/mol. The minimum atomic E-state index is -0.178. The van der Waals surface area contributed by atoms with Gasteiger partial charge in [-0.3, -0.25) is 0 Å². The normalized spacial score (nSPS) is 38.2. The Kier molecular flexibility index (Phi) is 2.94. The van der Waals surface area contributed by atoms with Gasteiger partial charge in [-0.25, -0.2) is 0 Å². The molecule has 1 N–H and O–H groups in total. The second kappa shape index (κ2) is 3.77. The van der Waals surface area contributed by atoms with E-state index in [0.29, 0.717) is 5.92 Å². The Balaban J connectivity index is 2.42. The highest BCUT2D eigenvalue weighted by atomic mass is 16.3. The summed E-state index contributed by atoms with van der Waals surface area (Å²) in [6.07, 6.45) is 8.56. The predicted octanol–water partition coefficient (Wildman–Crippen LogP) is 2.11. The van der Waals surface area contributed by atoms with Crippen molar-refractivity contribution in [1.82, 2.24) is 0 Å². The van der Waals surface area contributed by atoms with Gasteiger partial charge in [-0.2, -0.15) is 0 Å². The van der Waals surface area contributed by atoms with Crippen molar-refractivity contribution in [3.8, 4) is 0 Å². The van der Waals surface area contributed by atoms with Gasteiger partial charge in [-0.05, 0) is 18.8 Å². The second-order valence-corrected chi connectivity index (χ2v) is 3.21. The summed E-state index contributed by atoms with van der Waals surface area (Å²) >= 11 is 0. The molecule has 0 aromatic heterocycles. The molecule has 1 aliphatic rings. The summed E-state index contributed by atoms with van der Waals surface area (Å²) in [6.45, 7) is 2.20. The van der Waals surface area contributed by atoms with Crippen molar-refractivity contribution in [2.45, 2.75) is 38.7 Å². The van der Waals surface area contributed by atoms with E-state index in [2.05, 4.69) is 13.0 Å². The van der Waals surface area contributed by atoms with Gasteiger partial charge < -0.3 is 5.11 Å². The van der Waals surface area contributed by atoms with Crippen molar-refractivity contribution in [2.24, 2.45) is 5.92 Å². The van der Waals surface area contributed by atoms with Crippen LogP contribution in [-0.4, -0.2) is 11.2 Å². The second-order valence-electron chi connectivity index (χ2n) is 3.21. The monoisotopic (exact) mass is 140 g/mol. The highest BCUT2D eigenvalue weighted by Gasteiger charge is 2.05. The first-order valence-corrected chi connectivity index (χ1v) is 4.15. The van der Waals surface area contributed by atoms with E-state index in [1.54, 1.807) is 0 Å². The van der Waals surface area contributed by atoms with Crippen molar-refractivity contribution >= 4 is 0 Å². The maximum absolute atomic E-state index is 9.25. The van der Waals surface area contributed by atoms with E-state index in [-0.39, 0.29) is 6.10 Å². The van der Waals surface area contributed by atoms with Crippen molar-refractivity contribution in [2.75, 3.05) is 0 Å². The third-order valence-corrected chi connectivity index (χ3v) is 2.07. The van der Waals surface area contributed by atoms with Crippen LogP contribution < -0.4 is 0 Å². The maximum atomic E-state index is 9.25. The topological polar surface area (TPSA) is 20.2 Å². The van der Waals surface area contributed by atoms with Crippen molar-refractivity contribution in [3.05, 3.63) is 12.2 Å². The SMILES string of the molecule is CC1/C=C\C(O)CCCC1. The van der Waals surface area contributed by atoms with E-state index >= 15 is 0 Å². The van der Waals surface area contributed by atoms with Gasteiger partial charge in [0.15, 0.2) is 0 Å². The quantitative estimate of drug-likeness (QED) is 0.511. The van der Waals surface area contributed by atoms with Crippen LogP contribution >= 0.6 is 0 Å². The van der Waals surface area contributed by atoms with E-state index in [9.17, 15) is 5.11 Å². The maximum Gasteiger partial charge on any atom is 0.0721 e. The summed E-state index contributed by atoms with van der Waals surface area (Å²) in [7, 11) is 0. The van der Waals surface area contributed by atoms with E-state index in [4.69, 9.17) is 0 Å². The fourth-order valence-electron chi connectivity index (χ4n) is 1.33. The van der Waals surface area contributed by atoms with E-state index in [1.807, 2.05) is 6.08 Å². The highest BCUT2D eigenvalue weighted by Crippen LogP contribution is 2.15. The van der Waals surface area contributed by atoms with Crippen LogP contribution in [0, 0.1) is 5.92 Å². The van der Waals surface area contributed by atoms with E-state index in [0.717, 1.165) is 6.42 Å². The minimum absolute atomic E-state index is 0.178. The van der Waals surface area contributed by atoms with E-state index < -0.39 is 0 Å². The van der Waals surface area contributed by atoms with Crippen LogP contribution in [-0.2, 0) is 0 Å². The molecule has 0 amide bonds. The Hall–Kier alpha value is -0.300. The number of aliphatic hydroxyl groups excluding tert-OH is 1. The zero-order chi connectivity index (χ0) is 7.40. The lowest BCUT2D eigenvalue weighted by molar-refractivity contribution is 0.204. The lowest BCUT2D eigenvalue weighted by atomic mass is 9.97. The Labute approximate surface area is 62.8 Å². The third-order valence-electron chi connectivity index (χ3n) is 2.07. The van der Waals surface area contributed by atoms with Gasteiger partial charge in [0.05, 0.1) is 6.10 Å². The summed E-state index contributed by atoms with van der Waals surface area (Å²) in [5.74, 6) is 0.662. The Morgan fingerprint density at radius 3 is 2.70 bits per heavy atom. The van der Waals surface area contributed by atoms with Gasteiger partial charge in [0.25, 0.3) is 0 Å². The van der Waals surface area contributed by atoms with Crippen LogP contribution in [0.4, 0.5) is 0 Å². The molecule has 0 bridgehead atoms. The van der Waals surface area contributed by atoms with Crippen LogP contribution in [0.25, 0.3) is 0 Å². The average molecular weight is 140 g/mol. The molecule has 10 heavy (non-hydrogen) atoms. The summed E-state index contributed by atoms with van der Waals surface area (Å²) < 4.78 is 0. The lowest BCUT2D eigenvalue weighted by Crippen LogP contribution is -2.05. The molecule has 0 fully saturated rings. The Morgan fingerprint density at radius 2 is 1.90 bits per heavy atom. The van der Waals surface area contributed by atoms with Gasteiger partial charge in [-0.15, -0.1) is 0 Å². The van der Waals surface area contributed by atoms with Crippen molar-refractivity contribution < 1.29 is 5.11 Å². The number of aliphatic hydroxyl groups is 1. The molecule has 1 heteroatoms. The molecule has 0 saturated carbocycles. The Morgan fingerprint density at radius 1 is 1.20 bits per heavy atom. The summed E-state index contributed by atoms with van der Waals surface area (Å²) in [5, 5.41) is 9.25. The molecular weight excluding hydrogens is 124 g/mol. The summed E-state index contributed by atoms with van der Waals surface area (Å²) in [5.41, 5.74) is 0. The molecule has 0 spiro atoms. The fraction of sp³-hybridized carbons (Fsp3) is 0.778. The molecule has 2 atom stereocenters. The molecule has 0 aromatic carbocycles. The standard InChI is InChI=1S/C9H16O/c1-8-4-2-3-5-9(10)7-6-8/h6-10H,2-5H2,1H3/b7-6-. The fourth-order valence-corrected chi connectivity index (χ4v) is 1.33. The van der Waals surface area contributed by atoms with Gasteiger partial charge >= 0.3 is 0 Å². The van der Waals surface area contributed by atoms with Crippen LogP contribution in [0.3, 0.4) is 0 Å². The van der Waals surface area contributed by atoms with Gasteiger partial charge in [0.2, 0.25) is 0 Å². The summed E-state index contributed by atoms with van der Waals surface area (Å²) in [4.78, 5) is 0. The van der Waals surface area contributed by atoms with Crippen LogP contribution in [0.2, 0.25) is 0 Å². The van der Waals surface area contributed by atoms with Crippen molar-refractivity contribution in [3.63, 3.8) is 0 Å². The zero-order valence-corrected chi connectivity index (χ0v) is 6.59. The van der Waals surface area contributed by atoms with Gasteiger partial charge in [0, 0.05) is 0 Å². The zero-order valence-electron chi connectivity index (χ0n) is 6.59. The smallest absolute Gasteiger partial charge is 0.0721 e. The average Bonchev–Trinajstić information content (AvgIpc) is 1.90. The largest absolute Gasteiger partial charge is 0.389 e. The molecule has 0 aliphatic heterocycles. The first-order chi connectivity index (χ1) is 4.79. The van der Waals surface area contributed by atoms with Crippen LogP contribution in [0.5, 0.6) is 0 Å². The van der Waals surface area contributed by atoms with Crippen LogP contribution in [0.15, 0.2) is 12.2 Å². The number of hydrogen-bond acceptors (Lipinski definition) is 1. The third kappa shape index (κ3) is 2.53. The molecule has 0 radical (unpaired) electrons. The van der Waals surface area contributed by atoms with Crippen LogP contribution in [0.1, 0.15) is 32.6 Å². The number of allylic oxidation sites excluding steroid dienone is 1. The van der Waals surface area contributed by atoms with Crippen molar-refractivity contribution in [1.29, 1.82) is 0 Å². The molecule has 1 rings (SSSR count). The molecular formula is C9H16O. The number of rotatable bonds is 0. The van der Waals surface area contributed by atoms with E-state index in [1.165, 1.54) is 19.3 Å². The van der Waals surface area contributed by atoms with Gasteiger partial charge in [0.1, 0.15) is 0 Å². The molecule has 58 valence electrons. The lowest BCUT2D eigenvalue weighted by Gasteiger charge is -2.12. The minimum Gasteiger partial charge on any atom is -0.389 e. The first kappa shape index (κ1) is 7.80. The molecule has 1 nitrogen and oxygen atoms in total. The molecule has 1 aliphatic carbocycles. The molecule has 0 aromatic rings. The molecule has 0 heterocycles. The number of hydrogen-bond donors (Lipinski definition) is 1. The molecule has 2 unspecified atom stereocenters. The van der Waals surface area contributed by atoms with Gasteiger partial charge in [-0.1, -0.05) is 31.9 Å². The first-order valence-electron chi connectivity index (χ1n) is 4.15.